The zero-order chi connectivity index (χ0) is 14.3. The van der Waals surface area contributed by atoms with E-state index in [0.29, 0.717) is 5.02 Å². The molecule has 0 aliphatic heterocycles. The van der Waals surface area contributed by atoms with Gasteiger partial charge in [0, 0.05) is 16.8 Å². The minimum absolute atomic E-state index is 0.665. The molecule has 3 aromatic rings. The maximum Gasteiger partial charge on any atom is 0.133 e. The van der Waals surface area contributed by atoms with Crippen molar-refractivity contribution >= 4 is 49.3 Å². The van der Waals surface area contributed by atoms with Crippen LogP contribution in [-0.4, -0.2) is 19.2 Å². The number of rotatable bonds is 2. The minimum atomic E-state index is 0.665. The highest BCUT2D eigenvalue weighted by Gasteiger charge is 2.11. The number of nitrogens with zero attached hydrogens (tertiary/aromatic N) is 1. The lowest BCUT2D eigenvalue weighted by Crippen LogP contribution is -1.90. The fraction of sp³-hybridized carbons (Fsp3) is 0.133. The van der Waals surface area contributed by atoms with Crippen molar-refractivity contribution < 1.29 is 9.47 Å². The number of pyridine rings is 1. The molecule has 0 aliphatic rings. The fourth-order valence-electron chi connectivity index (χ4n) is 2.16. The van der Waals surface area contributed by atoms with Gasteiger partial charge < -0.3 is 9.47 Å². The van der Waals surface area contributed by atoms with Gasteiger partial charge in [-0.1, -0.05) is 11.6 Å². The molecule has 0 radical (unpaired) electrons. The second-order valence-electron chi connectivity index (χ2n) is 4.31. The molecule has 0 saturated heterocycles. The second kappa shape index (κ2) is 5.11. The molecule has 1 heterocycles. The summed E-state index contributed by atoms with van der Waals surface area (Å²) in [6.07, 6.45) is 0. The standard InChI is InChI=1S/C15H11BrClNO2/c1-19-8-3-4-9-12(5-8)18-13-7-11(16)14(20-2)6-10(13)15(9)17/h3-7H,1-2H3. The van der Waals surface area contributed by atoms with Crippen LogP contribution in [0.4, 0.5) is 0 Å². The van der Waals surface area contributed by atoms with Gasteiger partial charge in [0.2, 0.25) is 0 Å². The van der Waals surface area contributed by atoms with Crippen LogP contribution in [-0.2, 0) is 0 Å². The Morgan fingerprint density at radius 1 is 1.00 bits per heavy atom. The molecule has 102 valence electrons. The van der Waals surface area contributed by atoms with Crippen molar-refractivity contribution in [1.29, 1.82) is 0 Å². The van der Waals surface area contributed by atoms with Crippen LogP contribution < -0.4 is 9.47 Å². The summed E-state index contributed by atoms with van der Waals surface area (Å²) in [6, 6.07) is 9.45. The normalized spacial score (nSPS) is 11.0. The summed E-state index contributed by atoms with van der Waals surface area (Å²) in [5.74, 6) is 1.49. The minimum Gasteiger partial charge on any atom is -0.497 e. The molecule has 0 bridgehead atoms. The highest BCUT2D eigenvalue weighted by atomic mass is 79.9. The van der Waals surface area contributed by atoms with E-state index in [0.717, 1.165) is 37.8 Å². The Bertz CT molecular complexity index is 820. The zero-order valence-electron chi connectivity index (χ0n) is 10.9. The molecule has 0 saturated carbocycles. The maximum absolute atomic E-state index is 6.50. The first-order valence-electron chi connectivity index (χ1n) is 5.94. The number of benzene rings is 2. The third-order valence-corrected chi connectivity index (χ3v) is 4.22. The van der Waals surface area contributed by atoms with Gasteiger partial charge in [-0.05, 0) is 40.2 Å². The molecule has 3 rings (SSSR count). The van der Waals surface area contributed by atoms with Crippen molar-refractivity contribution in [3.05, 3.63) is 39.8 Å². The molecule has 0 atom stereocenters. The van der Waals surface area contributed by atoms with Crippen LogP contribution in [0.5, 0.6) is 11.5 Å². The van der Waals surface area contributed by atoms with Crippen molar-refractivity contribution in [2.45, 2.75) is 0 Å². The average Bonchev–Trinajstić information content (AvgIpc) is 2.46. The lowest BCUT2D eigenvalue weighted by Gasteiger charge is -2.10. The average molecular weight is 353 g/mol. The summed E-state index contributed by atoms with van der Waals surface area (Å²) >= 11 is 9.96. The molecule has 0 N–H and O–H groups in total. The first kappa shape index (κ1) is 13.5. The summed E-state index contributed by atoms with van der Waals surface area (Å²) in [5, 5.41) is 2.42. The maximum atomic E-state index is 6.50. The zero-order valence-corrected chi connectivity index (χ0v) is 13.2. The molecule has 1 aromatic heterocycles. The molecule has 0 amide bonds. The van der Waals surface area contributed by atoms with E-state index in [9.17, 15) is 0 Å². The van der Waals surface area contributed by atoms with E-state index >= 15 is 0 Å². The Hall–Kier alpha value is -1.52. The quantitative estimate of drug-likeness (QED) is 0.620. The number of hydrogen-bond donors (Lipinski definition) is 0. The van der Waals surface area contributed by atoms with Crippen LogP contribution in [0, 0.1) is 0 Å². The van der Waals surface area contributed by atoms with Gasteiger partial charge in [-0.15, -0.1) is 0 Å². The van der Waals surface area contributed by atoms with Crippen LogP contribution in [0.2, 0.25) is 5.02 Å². The molecule has 3 nitrogen and oxygen atoms in total. The van der Waals surface area contributed by atoms with Crippen molar-refractivity contribution in [2.75, 3.05) is 14.2 Å². The van der Waals surface area contributed by atoms with Crippen molar-refractivity contribution in [3.63, 3.8) is 0 Å². The third-order valence-electron chi connectivity index (χ3n) is 3.19. The molecule has 0 fully saturated rings. The summed E-state index contributed by atoms with van der Waals surface area (Å²) < 4.78 is 11.4. The molecule has 0 spiro atoms. The summed E-state index contributed by atoms with van der Waals surface area (Å²) in [4.78, 5) is 4.63. The van der Waals surface area contributed by atoms with Crippen LogP contribution in [0.25, 0.3) is 21.8 Å². The van der Waals surface area contributed by atoms with E-state index in [1.54, 1.807) is 14.2 Å². The Kier molecular flexibility index (Phi) is 3.44. The smallest absolute Gasteiger partial charge is 0.133 e. The van der Waals surface area contributed by atoms with Gasteiger partial charge in [-0.2, -0.15) is 0 Å². The van der Waals surface area contributed by atoms with E-state index < -0.39 is 0 Å². The number of fused-ring (bicyclic) bond motifs is 2. The van der Waals surface area contributed by atoms with E-state index in [4.69, 9.17) is 21.1 Å². The molecule has 0 unspecified atom stereocenters. The van der Waals surface area contributed by atoms with Gasteiger partial charge in [0.25, 0.3) is 0 Å². The Morgan fingerprint density at radius 3 is 2.45 bits per heavy atom. The Morgan fingerprint density at radius 2 is 1.75 bits per heavy atom. The van der Waals surface area contributed by atoms with Crippen molar-refractivity contribution in [3.8, 4) is 11.5 Å². The molecule has 2 aromatic carbocycles. The Balaban J connectivity index is 2.40. The summed E-state index contributed by atoms with van der Waals surface area (Å²) in [5.41, 5.74) is 1.61. The van der Waals surface area contributed by atoms with Gasteiger partial charge >= 0.3 is 0 Å². The van der Waals surface area contributed by atoms with Gasteiger partial charge in [-0.25, -0.2) is 4.98 Å². The van der Waals surface area contributed by atoms with E-state index in [1.807, 2.05) is 30.3 Å². The highest BCUT2D eigenvalue weighted by Crippen LogP contribution is 2.37. The molecule has 20 heavy (non-hydrogen) atoms. The molecular formula is C15H11BrClNO2. The van der Waals surface area contributed by atoms with E-state index in [-0.39, 0.29) is 0 Å². The van der Waals surface area contributed by atoms with Crippen LogP contribution in [0.3, 0.4) is 0 Å². The number of hydrogen-bond acceptors (Lipinski definition) is 3. The number of halogens is 2. The van der Waals surface area contributed by atoms with E-state index in [2.05, 4.69) is 20.9 Å². The topological polar surface area (TPSA) is 31.4 Å². The first-order valence-corrected chi connectivity index (χ1v) is 7.11. The van der Waals surface area contributed by atoms with Crippen molar-refractivity contribution in [2.24, 2.45) is 0 Å². The third kappa shape index (κ3) is 2.09. The lowest BCUT2D eigenvalue weighted by molar-refractivity contribution is 0.413. The monoisotopic (exact) mass is 351 g/mol. The molecular weight excluding hydrogens is 342 g/mol. The first-order chi connectivity index (χ1) is 9.63. The number of aromatic nitrogens is 1. The van der Waals surface area contributed by atoms with E-state index in [1.165, 1.54) is 0 Å². The number of ether oxygens (including phenoxy) is 2. The van der Waals surface area contributed by atoms with Gasteiger partial charge in [0.15, 0.2) is 0 Å². The largest absolute Gasteiger partial charge is 0.497 e. The predicted molar refractivity (Wildman–Crippen MR) is 85.1 cm³/mol. The Labute approximate surface area is 129 Å². The molecule has 5 heteroatoms. The molecule has 0 aliphatic carbocycles. The second-order valence-corrected chi connectivity index (χ2v) is 5.55. The fourth-order valence-corrected chi connectivity index (χ4v) is 2.96. The number of methoxy groups -OCH3 is 2. The predicted octanol–water partition coefficient (Wildman–Crippen LogP) is 4.82. The van der Waals surface area contributed by atoms with Crippen molar-refractivity contribution in [1.82, 2.24) is 4.98 Å². The van der Waals surface area contributed by atoms with Crippen LogP contribution in [0.15, 0.2) is 34.8 Å². The van der Waals surface area contributed by atoms with Gasteiger partial charge in [0.1, 0.15) is 11.5 Å². The lowest BCUT2D eigenvalue weighted by atomic mass is 10.1. The van der Waals surface area contributed by atoms with Gasteiger partial charge in [0.05, 0.1) is 34.7 Å². The summed E-state index contributed by atoms with van der Waals surface area (Å²) in [6.45, 7) is 0. The summed E-state index contributed by atoms with van der Waals surface area (Å²) in [7, 11) is 3.25. The van der Waals surface area contributed by atoms with Crippen LogP contribution >= 0.6 is 27.5 Å². The van der Waals surface area contributed by atoms with Crippen LogP contribution in [0.1, 0.15) is 0 Å². The SMILES string of the molecule is COc1ccc2c(Cl)c3cc(OC)c(Br)cc3nc2c1. The van der Waals surface area contributed by atoms with Gasteiger partial charge in [-0.3, -0.25) is 0 Å². The highest BCUT2D eigenvalue weighted by molar-refractivity contribution is 9.10.